The zero-order valence-electron chi connectivity index (χ0n) is 10.6. The van der Waals surface area contributed by atoms with Gasteiger partial charge in [0.15, 0.2) is 0 Å². The highest BCUT2D eigenvalue weighted by atomic mass is 16.2. The second-order valence-electron chi connectivity index (χ2n) is 4.99. The third kappa shape index (κ3) is 2.43. The number of amides is 2. The van der Waals surface area contributed by atoms with Gasteiger partial charge in [-0.3, -0.25) is 14.5 Å². The minimum absolute atomic E-state index is 0.00111. The van der Waals surface area contributed by atoms with Crippen molar-refractivity contribution in [2.45, 2.75) is 58.3 Å². The number of carbonyl (C=O) groups excluding carboxylic acids is 2. The summed E-state index contributed by atoms with van der Waals surface area (Å²) in [6, 6.07) is 0. The topological polar surface area (TPSA) is 37.4 Å². The van der Waals surface area contributed by atoms with Gasteiger partial charge < -0.3 is 0 Å². The second kappa shape index (κ2) is 5.48. The molecule has 0 radical (unpaired) electrons. The van der Waals surface area contributed by atoms with E-state index in [9.17, 15) is 9.59 Å². The van der Waals surface area contributed by atoms with Gasteiger partial charge in [-0.15, -0.1) is 0 Å². The van der Waals surface area contributed by atoms with Gasteiger partial charge >= 0.3 is 0 Å². The third-order valence-electron chi connectivity index (χ3n) is 3.71. The zero-order valence-corrected chi connectivity index (χ0v) is 10.6. The highest BCUT2D eigenvalue weighted by molar-refractivity contribution is 6.19. The molecule has 0 aromatic carbocycles. The van der Waals surface area contributed by atoms with Crippen LogP contribution in [-0.4, -0.2) is 23.3 Å². The molecule has 0 aromatic heterocycles. The molecule has 2 amide bonds. The highest BCUT2D eigenvalue weighted by Gasteiger charge is 2.37. The van der Waals surface area contributed by atoms with Crippen molar-refractivity contribution in [3.05, 3.63) is 11.1 Å². The van der Waals surface area contributed by atoms with Crippen LogP contribution < -0.4 is 0 Å². The molecule has 0 bridgehead atoms. The van der Waals surface area contributed by atoms with Crippen LogP contribution in [0.25, 0.3) is 0 Å². The Kier molecular flexibility index (Phi) is 3.97. The maximum Gasteiger partial charge on any atom is 0.257 e. The summed E-state index contributed by atoms with van der Waals surface area (Å²) in [4.78, 5) is 25.6. The first-order chi connectivity index (χ1) is 8.25. The summed E-state index contributed by atoms with van der Waals surface area (Å²) >= 11 is 0. The molecule has 2 rings (SSSR count). The molecular weight excluding hydrogens is 214 g/mol. The largest absolute Gasteiger partial charge is 0.275 e. The quantitative estimate of drug-likeness (QED) is 0.543. The van der Waals surface area contributed by atoms with E-state index in [2.05, 4.69) is 6.92 Å². The molecule has 1 aliphatic heterocycles. The maximum atomic E-state index is 12.1. The smallest absolute Gasteiger partial charge is 0.257 e. The molecule has 94 valence electrons. The van der Waals surface area contributed by atoms with E-state index >= 15 is 0 Å². The van der Waals surface area contributed by atoms with Crippen LogP contribution in [0, 0.1) is 0 Å². The van der Waals surface area contributed by atoms with Crippen molar-refractivity contribution in [1.29, 1.82) is 0 Å². The number of imide groups is 1. The molecule has 0 unspecified atom stereocenters. The molecule has 0 saturated carbocycles. The van der Waals surface area contributed by atoms with Crippen molar-refractivity contribution in [2.24, 2.45) is 0 Å². The summed E-state index contributed by atoms with van der Waals surface area (Å²) in [5, 5.41) is 0. The molecule has 17 heavy (non-hydrogen) atoms. The fraction of sp³-hybridized carbons (Fsp3) is 0.714. The Morgan fingerprint density at radius 2 is 1.53 bits per heavy atom. The summed E-state index contributed by atoms with van der Waals surface area (Å²) in [7, 11) is 0. The van der Waals surface area contributed by atoms with Crippen LogP contribution >= 0.6 is 0 Å². The van der Waals surface area contributed by atoms with Crippen LogP contribution in [0.5, 0.6) is 0 Å². The minimum Gasteiger partial charge on any atom is -0.275 e. The van der Waals surface area contributed by atoms with Crippen molar-refractivity contribution >= 4 is 11.8 Å². The van der Waals surface area contributed by atoms with E-state index in [-0.39, 0.29) is 11.8 Å². The van der Waals surface area contributed by atoms with E-state index in [1.807, 2.05) is 0 Å². The number of nitrogens with zero attached hydrogens (tertiary/aromatic N) is 1. The van der Waals surface area contributed by atoms with Crippen molar-refractivity contribution < 1.29 is 9.59 Å². The summed E-state index contributed by atoms with van der Waals surface area (Å²) in [6.45, 7) is 2.77. The first-order valence-corrected chi connectivity index (χ1v) is 6.84. The normalized spacial score (nSPS) is 20.2. The summed E-state index contributed by atoms with van der Waals surface area (Å²) in [5.74, 6) is 0.00222. The Bertz CT molecular complexity index is 329. The lowest BCUT2D eigenvalue weighted by Gasteiger charge is -2.14. The van der Waals surface area contributed by atoms with Crippen molar-refractivity contribution in [3.63, 3.8) is 0 Å². The van der Waals surface area contributed by atoms with Gasteiger partial charge in [0.05, 0.1) is 0 Å². The fourth-order valence-electron chi connectivity index (χ4n) is 2.70. The van der Waals surface area contributed by atoms with E-state index in [0.29, 0.717) is 6.54 Å². The number of unbranched alkanes of at least 4 members (excludes halogenated alkanes) is 3. The van der Waals surface area contributed by atoms with Gasteiger partial charge in [0, 0.05) is 17.7 Å². The lowest BCUT2D eigenvalue weighted by Crippen LogP contribution is -2.32. The second-order valence-corrected chi connectivity index (χ2v) is 4.99. The van der Waals surface area contributed by atoms with E-state index in [4.69, 9.17) is 0 Å². The summed E-state index contributed by atoms with van der Waals surface area (Å²) in [6.07, 6.45) is 8.16. The Balaban J connectivity index is 1.93. The molecule has 3 heteroatoms. The summed E-state index contributed by atoms with van der Waals surface area (Å²) < 4.78 is 0. The Hall–Kier alpha value is -1.12. The van der Waals surface area contributed by atoms with Crippen LogP contribution in [0.4, 0.5) is 0 Å². The van der Waals surface area contributed by atoms with Gasteiger partial charge in [0.2, 0.25) is 0 Å². The minimum atomic E-state index is 0.00111. The van der Waals surface area contributed by atoms with Crippen molar-refractivity contribution in [1.82, 2.24) is 4.90 Å². The number of hydrogen-bond donors (Lipinski definition) is 0. The van der Waals surface area contributed by atoms with Gasteiger partial charge in [-0.05, 0) is 32.1 Å². The lowest BCUT2D eigenvalue weighted by atomic mass is 9.93. The molecule has 1 heterocycles. The van der Waals surface area contributed by atoms with Crippen molar-refractivity contribution in [3.8, 4) is 0 Å². The predicted molar refractivity (Wildman–Crippen MR) is 66.4 cm³/mol. The monoisotopic (exact) mass is 235 g/mol. The lowest BCUT2D eigenvalue weighted by molar-refractivity contribution is -0.137. The number of hydrogen-bond acceptors (Lipinski definition) is 2. The molecule has 3 nitrogen and oxygen atoms in total. The summed E-state index contributed by atoms with van der Waals surface area (Å²) in [5.41, 5.74) is 1.63. The van der Waals surface area contributed by atoms with E-state index in [1.54, 1.807) is 0 Å². The first-order valence-electron chi connectivity index (χ1n) is 6.84. The molecule has 2 aliphatic rings. The molecular formula is C14H21NO2. The Morgan fingerprint density at radius 1 is 0.941 bits per heavy atom. The zero-order chi connectivity index (χ0) is 12.3. The van der Waals surface area contributed by atoms with E-state index in [1.165, 1.54) is 17.7 Å². The van der Waals surface area contributed by atoms with Gasteiger partial charge in [-0.2, -0.15) is 0 Å². The standard InChI is InChI=1S/C14H21NO2/c1-2-3-4-7-10-15-13(16)11-8-5-6-9-12(11)14(15)17/h2-10H2,1H3. The van der Waals surface area contributed by atoms with E-state index < -0.39 is 0 Å². The molecule has 0 atom stereocenters. The first kappa shape index (κ1) is 12.3. The Labute approximate surface area is 103 Å². The molecule has 0 saturated heterocycles. The number of rotatable bonds is 5. The van der Waals surface area contributed by atoms with Gasteiger partial charge in [0.1, 0.15) is 0 Å². The van der Waals surface area contributed by atoms with Crippen LogP contribution in [0.15, 0.2) is 11.1 Å². The van der Waals surface area contributed by atoms with Crippen LogP contribution in [0.3, 0.4) is 0 Å². The third-order valence-corrected chi connectivity index (χ3v) is 3.71. The Morgan fingerprint density at radius 3 is 2.06 bits per heavy atom. The van der Waals surface area contributed by atoms with E-state index in [0.717, 1.165) is 49.7 Å². The molecule has 0 aromatic rings. The van der Waals surface area contributed by atoms with Crippen LogP contribution in [0.2, 0.25) is 0 Å². The molecule has 0 fully saturated rings. The van der Waals surface area contributed by atoms with Gasteiger partial charge in [0.25, 0.3) is 11.8 Å². The highest BCUT2D eigenvalue weighted by Crippen LogP contribution is 2.32. The SMILES string of the molecule is CCCCCCN1C(=O)C2=C(CCCC2)C1=O. The number of carbonyl (C=O) groups is 2. The molecule has 0 spiro atoms. The predicted octanol–water partition coefficient (Wildman–Crippen LogP) is 2.81. The average molecular weight is 235 g/mol. The fourth-order valence-corrected chi connectivity index (χ4v) is 2.70. The van der Waals surface area contributed by atoms with Crippen LogP contribution in [0.1, 0.15) is 58.3 Å². The maximum absolute atomic E-state index is 12.1. The average Bonchev–Trinajstić information content (AvgIpc) is 2.60. The molecule has 0 N–H and O–H groups in total. The van der Waals surface area contributed by atoms with Crippen LogP contribution in [-0.2, 0) is 9.59 Å². The molecule has 1 aliphatic carbocycles. The van der Waals surface area contributed by atoms with Crippen molar-refractivity contribution in [2.75, 3.05) is 6.54 Å². The van der Waals surface area contributed by atoms with Gasteiger partial charge in [-0.25, -0.2) is 0 Å². The van der Waals surface area contributed by atoms with Gasteiger partial charge in [-0.1, -0.05) is 26.2 Å².